The molecule has 3 rings (SSSR count). The van der Waals surface area contributed by atoms with Crippen LogP contribution in [0.15, 0.2) is 53.7 Å². The summed E-state index contributed by atoms with van der Waals surface area (Å²) < 4.78 is 50.0. The SMILES string of the molecule is COC(=O)C1=C(C)N(c2cccc(C(F)(F)F)c2)C(=N)N(C(N)=O)[C@@H]1c1ccc(C#N)cc1CC[N+](C)(C)CCCO.COC=O. The second kappa shape index (κ2) is 15.9. The maximum absolute atomic E-state index is 13.5. The van der Waals surface area contributed by atoms with Gasteiger partial charge in [-0.3, -0.25) is 20.0 Å². The Balaban J connectivity index is 0.00000173. The molecule has 0 radical (unpaired) electrons. The summed E-state index contributed by atoms with van der Waals surface area (Å²) in [5.41, 5.74) is 5.98. The van der Waals surface area contributed by atoms with Crippen LogP contribution in [0.4, 0.5) is 23.7 Å². The number of nitrogens with one attached hydrogen (secondary N) is 1. The fourth-order valence-corrected chi connectivity index (χ4v) is 5.06. The first-order chi connectivity index (χ1) is 21.6. The van der Waals surface area contributed by atoms with E-state index in [1.165, 1.54) is 26.2 Å². The van der Waals surface area contributed by atoms with Crippen LogP contribution in [-0.4, -0.2) is 86.9 Å². The second-order valence-corrected chi connectivity index (χ2v) is 10.9. The minimum Gasteiger partial charge on any atom is -0.471 e. The number of aliphatic hydroxyl groups excluding tert-OH is 1. The lowest BCUT2D eigenvalue weighted by Gasteiger charge is -2.43. The zero-order valence-corrected chi connectivity index (χ0v) is 26.2. The molecular weight excluding hydrogens is 609 g/mol. The fraction of sp³-hybridized carbons (Fsp3) is 0.387. The van der Waals surface area contributed by atoms with Gasteiger partial charge in [0.2, 0.25) is 5.96 Å². The van der Waals surface area contributed by atoms with Gasteiger partial charge in [-0.15, -0.1) is 0 Å². The highest BCUT2D eigenvalue weighted by atomic mass is 19.4. The van der Waals surface area contributed by atoms with Gasteiger partial charge < -0.3 is 24.8 Å². The minimum absolute atomic E-state index is 0.0313. The fourth-order valence-electron chi connectivity index (χ4n) is 5.06. The number of methoxy groups -OCH3 is 2. The Morgan fingerprint density at radius 3 is 2.35 bits per heavy atom. The third-order valence-corrected chi connectivity index (χ3v) is 7.34. The summed E-state index contributed by atoms with van der Waals surface area (Å²) in [7, 11) is 6.40. The van der Waals surface area contributed by atoms with Crippen molar-refractivity contribution in [1.82, 2.24) is 4.90 Å². The first kappa shape index (κ1) is 37.2. The Hall–Kier alpha value is -4.94. The Morgan fingerprint density at radius 2 is 1.83 bits per heavy atom. The number of amides is 2. The average Bonchev–Trinajstić information content (AvgIpc) is 3.01. The van der Waals surface area contributed by atoms with Crippen molar-refractivity contribution >= 4 is 30.1 Å². The number of urea groups is 1. The monoisotopic (exact) mass is 647 g/mol. The number of hydrogen-bond acceptors (Lipinski definition) is 8. The number of hydrogen-bond donors (Lipinski definition) is 3. The molecule has 1 aliphatic rings. The lowest BCUT2D eigenvalue weighted by molar-refractivity contribution is -0.890. The Kier molecular flexibility index (Phi) is 12.8. The summed E-state index contributed by atoms with van der Waals surface area (Å²) in [6, 6.07) is 8.58. The first-order valence-corrected chi connectivity index (χ1v) is 13.9. The molecule has 0 saturated carbocycles. The van der Waals surface area contributed by atoms with E-state index in [0.717, 1.165) is 35.1 Å². The van der Waals surface area contributed by atoms with Gasteiger partial charge in [0.25, 0.3) is 6.47 Å². The maximum atomic E-state index is 13.5. The number of nitrogens with zero attached hydrogens (tertiary/aromatic N) is 4. The number of quaternary nitrogens is 1. The lowest BCUT2D eigenvalue weighted by atomic mass is 9.87. The molecule has 12 nitrogen and oxygen atoms in total. The number of allylic oxidation sites excluding steroid dienone is 1. The molecule has 1 heterocycles. The van der Waals surface area contributed by atoms with Crippen LogP contribution in [0.25, 0.3) is 0 Å². The molecule has 248 valence electrons. The molecule has 0 unspecified atom stereocenters. The molecule has 0 aromatic heterocycles. The number of nitriles is 1. The van der Waals surface area contributed by atoms with Crippen LogP contribution >= 0.6 is 0 Å². The first-order valence-electron chi connectivity index (χ1n) is 13.9. The number of esters is 1. The van der Waals surface area contributed by atoms with Crippen molar-refractivity contribution in [1.29, 1.82) is 10.7 Å². The normalized spacial score (nSPS) is 15.0. The highest BCUT2D eigenvalue weighted by Crippen LogP contribution is 2.42. The summed E-state index contributed by atoms with van der Waals surface area (Å²) in [5.74, 6) is -1.44. The standard InChI is InChI=1S/C29H33F3N6O4.C2H4O2/c1-18-24(26(40)42-4)25(23-10-9-19(17-33)15-20(23)11-13-38(2,3)12-6-14-39)37(28(35)41)27(34)36(18)22-8-5-7-21(16-22)29(30,31)32;1-4-2-3/h5,7-10,15-16,25,34,39H,6,11-14H2,1-4H3,(H-,35,41);2H,1H3/p+1/t25-;/m1./s1. The van der Waals surface area contributed by atoms with E-state index in [2.05, 4.69) is 10.8 Å². The van der Waals surface area contributed by atoms with E-state index in [4.69, 9.17) is 20.7 Å². The Morgan fingerprint density at radius 1 is 1.17 bits per heavy atom. The largest absolute Gasteiger partial charge is 0.471 e. The third kappa shape index (κ3) is 8.83. The van der Waals surface area contributed by atoms with E-state index in [0.29, 0.717) is 53.6 Å². The van der Waals surface area contributed by atoms with Crippen LogP contribution in [-0.2, 0) is 31.7 Å². The van der Waals surface area contributed by atoms with Crippen molar-refractivity contribution in [2.24, 2.45) is 5.73 Å². The van der Waals surface area contributed by atoms with E-state index in [1.807, 2.05) is 14.1 Å². The van der Waals surface area contributed by atoms with Gasteiger partial charge in [0.05, 0.1) is 64.2 Å². The van der Waals surface area contributed by atoms with Gasteiger partial charge >= 0.3 is 18.2 Å². The molecule has 1 atom stereocenters. The van der Waals surface area contributed by atoms with Gasteiger partial charge in [-0.25, -0.2) is 9.59 Å². The van der Waals surface area contributed by atoms with Gasteiger partial charge in [-0.2, -0.15) is 18.4 Å². The van der Waals surface area contributed by atoms with Crippen molar-refractivity contribution in [2.75, 3.05) is 52.9 Å². The van der Waals surface area contributed by atoms with Crippen LogP contribution in [0.1, 0.15) is 41.6 Å². The molecule has 2 aromatic carbocycles. The van der Waals surface area contributed by atoms with E-state index < -0.39 is 35.7 Å². The van der Waals surface area contributed by atoms with E-state index in [1.54, 1.807) is 12.1 Å². The molecule has 0 fully saturated rings. The summed E-state index contributed by atoms with van der Waals surface area (Å²) in [6.07, 6.45) is -3.71. The zero-order chi connectivity index (χ0) is 34.8. The van der Waals surface area contributed by atoms with E-state index in [-0.39, 0.29) is 23.6 Å². The summed E-state index contributed by atoms with van der Waals surface area (Å²) >= 11 is 0. The van der Waals surface area contributed by atoms with E-state index in [9.17, 15) is 33.1 Å². The average molecular weight is 648 g/mol. The molecule has 0 saturated heterocycles. The summed E-state index contributed by atoms with van der Waals surface area (Å²) in [6.45, 7) is 3.09. The minimum atomic E-state index is -4.68. The number of carbonyl (C=O) groups is 3. The van der Waals surface area contributed by atoms with Gasteiger partial charge in [-0.1, -0.05) is 12.1 Å². The smallest absolute Gasteiger partial charge is 0.416 e. The molecule has 4 N–H and O–H groups in total. The number of ether oxygens (including phenoxy) is 2. The highest BCUT2D eigenvalue weighted by Gasteiger charge is 2.44. The predicted molar refractivity (Wildman–Crippen MR) is 162 cm³/mol. The number of alkyl halides is 3. The number of likely N-dealkylation sites (N-methyl/N-ethyl adjacent to an activating group) is 1. The van der Waals surface area contributed by atoms with Gasteiger partial charge in [0.15, 0.2) is 0 Å². The van der Waals surface area contributed by atoms with Crippen molar-refractivity contribution in [3.63, 3.8) is 0 Å². The number of carbonyl (C=O) groups excluding carboxylic acids is 3. The van der Waals surface area contributed by atoms with Crippen LogP contribution in [0.5, 0.6) is 0 Å². The lowest BCUT2D eigenvalue weighted by Crippen LogP contribution is -2.55. The molecule has 2 amide bonds. The van der Waals surface area contributed by atoms with Crippen LogP contribution in [0, 0.1) is 16.7 Å². The number of primary amides is 1. The third-order valence-electron chi connectivity index (χ3n) is 7.34. The topological polar surface area (TPSA) is 170 Å². The van der Waals surface area contributed by atoms with Crippen LogP contribution in [0.2, 0.25) is 0 Å². The molecule has 0 bridgehead atoms. The second-order valence-electron chi connectivity index (χ2n) is 10.9. The summed E-state index contributed by atoms with van der Waals surface area (Å²) in [4.78, 5) is 37.0. The van der Waals surface area contributed by atoms with Crippen molar-refractivity contribution < 1.29 is 46.6 Å². The van der Waals surface area contributed by atoms with Gasteiger partial charge in [-0.05, 0) is 48.4 Å². The molecule has 0 spiro atoms. The Labute approximate surface area is 265 Å². The van der Waals surface area contributed by atoms with Crippen LogP contribution in [0.3, 0.4) is 0 Å². The number of halogens is 3. The van der Waals surface area contributed by atoms with E-state index >= 15 is 0 Å². The number of aliphatic hydroxyl groups is 1. The molecule has 15 heteroatoms. The Bertz CT molecular complexity index is 1520. The molecule has 46 heavy (non-hydrogen) atoms. The van der Waals surface area contributed by atoms with Crippen molar-refractivity contribution in [3.05, 3.63) is 76.0 Å². The molecular formula is C31H38F3N6O6+. The van der Waals surface area contributed by atoms with Gasteiger partial charge in [0, 0.05) is 30.8 Å². The number of benzene rings is 2. The predicted octanol–water partition coefficient (Wildman–Crippen LogP) is 3.69. The summed E-state index contributed by atoms with van der Waals surface area (Å²) in [5, 5.41) is 27.8. The van der Waals surface area contributed by atoms with Crippen molar-refractivity contribution in [2.45, 2.75) is 32.0 Å². The van der Waals surface area contributed by atoms with Gasteiger partial charge in [0.1, 0.15) is 6.04 Å². The maximum Gasteiger partial charge on any atom is 0.416 e. The number of rotatable bonds is 10. The highest BCUT2D eigenvalue weighted by molar-refractivity contribution is 6.10. The molecule has 1 aliphatic heterocycles. The molecule has 0 aliphatic carbocycles. The number of anilines is 1. The number of nitrogens with two attached hydrogens (primary N) is 1. The number of guanidine groups is 1. The zero-order valence-electron chi connectivity index (χ0n) is 26.2. The quantitative estimate of drug-likeness (QED) is 0.199. The molecule has 2 aromatic rings. The van der Waals surface area contributed by atoms with Crippen molar-refractivity contribution in [3.8, 4) is 6.07 Å². The van der Waals surface area contributed by atoms with Crippen LogP contribution < -0.4 is 10.6 Å².